The van der Waals surface area contributed by atoms with E-state index in [-0.39, 0.29) is 0 Å². The summed E-state index contributed by atoms with van der Waals surface area (Å²) in [6.45, 7) is 2.70. The molecule has 1 N–H and O–H groups in total. The van der Waals surface area contributed by atoms with E-state index in [0.29, 0.717) is 17.2 Å². The van der Waals surface area contributed by atoms with Gasteiger partial charge >= 0.3 is 5.97 Å². The van der Waals surface area contributed by atoms with Gasteiger partial charge in [0.1, 0.15) is 5.75 Å². The number of hydrogen-bond donors (Lipinski definition) is 1. The van der Waals surface area contributed by atoms with Crippen LogP contribution in [0.15, 0.2) is 54.6 Å². The van der Waals surface area contributed by atoms with Crippen molar-refractivity contribution in [2.75, 3.05) is 6.61 Å². The lowest BCUT2D eigenvalue weighted by molar-refractivity contribution is -0.131. The maximum atomic E-state index is 11.1. The molecule has 0 aliphatic carbocycles. The summed E-state index contributed by atoms with van der Waals surface area (Å²) in [4.78, 5) is 11.1. The second-order valence-electron chi connectivity index (χ2n) is 4.78. The molecule has 0 unspecified atom stereocenters. The standard InChI is InChI=1S/C18H17ClO3/c1-2-10-22-16-8-6-13(7-9-16)17(12-18(20)21)14-4-3-5-15(19)11-14/h3-9,11-12H,2,10H2,1H3,(H,20,21)/b17-12-. The quantitative estimate of drug-likeness (QED) is 0.789. The smallest absolute Gasteiger partial charge is 0.328 e. The summed E-state index contributed by atoms with van der Waals surface area (Å²) in [6.07, 6.45) is 2.13. The molecule has 2 aromatic rings. The molecule has 0 fully saturated rings. The Morgan fingerprint density at radius 2 is 1.91 bits per heavy atom. The van der Waals surface area contributed by atoms with Crippen LogP contribution in [0.1, 0.15) is 24.5 Å². The lowest BCUT2D eigenvalue weighted by Crippen LogP contribution is -1.97. The van der Waals surface area contributed by atoms with Crippen molar-refractivity contribution in [3.8, 4) is 5.75 Å². The molecule has 0 aliphatic rings. The third-order valence-corrected chi connectivity index (χ3v) is 3.28. The lowest BCUT2D eigenvalue weighted by Gasteiger charge is -2.10. The van der Waals surface area contributed by atoms with Crippen LogP contribution in [-0.2, 0) is 4.79 Å². The number of halogens is 1. The second kappa shape index (κ2) is 7.66. The Morgan fingerprint density at radius 1 is 1.18 bits per heavy atom. The number of rotatable bonds is 6. The van der Waals surface area contributed by atoms with Crippen LogP contribution in [0.3, 0.4) is 0 Å². The molecule has 2 aromatic carbocycles. The molecule has 0 aliphatic heterocycles. The minimum absolute atomic E-state index is 0.566. The van der Waals surface area contributed by atoms with Gasteiger partial charge in [0.15, 0.2) is 0 Å². The van der Waals surface area contributed by atoms with E-state index >= 15 is 0 Å². The van der Waals surface area contributed by atoms with Gasteiger partial charge in [-0.05, 0) is 47.4 Å². The molecule has 0 spiro atoms. The summed E-state index contributed by atoms with van der Waals surface area (Å²) in [6, 6.07) is 14.5. The number of carbonyl (C=O) groups is 1. The summed E-state index contributed by atoms with van der Waals surface area (Å²) in [5.74, 6) is -0.229. The SMILES string of the molecule is CCCOc1ccc(/C(=C/C(=O)O)c2cccc(Cl)c2)cc1. The number of aliphatic carboxylic acids is 1. The molecular weight excluding hydrogens is 300 g/mol. The molecule has 0 radical (unpaired) electrons. The van der Waals surface area contributed by atoms with Gasteiger partial charge in [0, 0.05) is 11.1 Å². The number of benzene rings is 2. The maximum absolute atomic E-state index is 11.1. The van der Waals surface area contributed by atoms with Gasteiger partial charge in [-0.3, -0.25) is 0 Å². The van der Waals surface area contributed by atoms with E-state index in [1.54, 1.807) is 18.2 Å². The zero-order valence-electron chi connectivity index (χ0n) is 12.3. The van der Waals surface area contributed by atoms with E-state index in [2.05, 4.69) is 0 Å². The zero-order chi connectivity index (χ0) is 15.9. The second-order valence-corrected chi connectivity index (χ2v) is 5.22. The predicted molar refractivity (Wildman–Crippen MR) is 88.4 cm³/mol. The van der Waals surface area contributed by atoms with Crippen LogP contribution >= 0.6 is 11.6 Å². The Kier molecular flexibility index (Phi) is 5.61. The van der Waals surface area contributed by atoms with Crippen molar-refractivity contribution in [2.24, 2.45) is 0 Å². The fourth-order valence-electron chi connectivity index (χ4n) is 2.06. The third-order valence-electron chi connectivity index (χ3n) is 3.04. The average Bonchev–Trinajstić information content (AvgIpc) is 2.51. The van der Waals surface area contributed by atoms with Gasteiger partial charge in [0.2, 0.25) is 0 Å². The van der Waals surface area contributed by atoms with E-state index in [9.17, 15) is 4.79 Å². The van der Waals surface area contributed by atoms with Crippen molar-refractivity contribution < 1.29 is 14.6 Å². The molecule has 0 heterocycles. The Labute approximate surface area is 134 Å². The maximum Gasteiger partial charge on any atom is 0.328 e. The predicted octanol–water partition coefficient (Wildman–Crippen LogP) is 4.65. The average molecular weight is 317 g/mol. The highest BCUT2D eigenvalue weighted by Crippen LogP contribution is 2.27. The highest BCUT2D eigenvalue weighted by molar-refractivity contribution is 6.30. The monoisotopic (exact) mass is 316 g/mol. The first-order chi connectivity index (χ1) is 10.6. The van der Waals surface area contributed by atoms with Crippen molar-refractivity contribution in [3.63, 3.8) is 0 Å². The minimum atomic E-state index is -0.999. The Morgan fingerprint density at radius 3 is 2.50 bits per heavy atom. The fraction of sp³-hybridized carbons (Fsp3) is 0.167. The van der Waals surface area contributed by atoms with Crippen molar-refractivity contribution in [1.82, 2.24) is 0 Å². The first kappa shape index (κ1) is 16.1. The molecule has 0 atom stereocenters. The topological polar surface area (TPSA) is 46.5 Å². The minimum Gasteiger partial charge on any atom is -0.494 e. The molecule has 0 saturated heterocycles. The van der Waals surface area contributed by atoms with E-state index in [4.69, 9.17) is 21.4 Å². The highest BCUT2D eigenvalue weighted by atomic mass is 35.5. The van der Waals surface area contributed by atoms with Gasteiger partial charge in [-0.1, -0.05) is 42.8 Å². The van der Waals surface area contributed by atoms with Crippen LogP contribution in [0.2, 0.25) is 5.02 Å². The molecule has 4 heteroatoms. The molecule has 2 rings (SSSR count). The number of ether oxygens (including phenoxy) is 1. The normalized spacial score (nSPS) is 11.3. The Hall–Kier alpha value is -2.26. The van der Waals surface area contributed by atoms with Gasteiger partial charge in [-0.15, -0.1) is 0 Å². The van der Waals surface area contributed by atoms with Crippen molar-refractivity contribution in [3.05, 3.63) is 70.8 Å². The van der Waals surface area contributed by atoms with Gasteiger partial charge in [-0.25, -0.2) is 4.79 Å². The molecule has 0 amide bonds. The summed E-state index contributed by atoms with van der Waals surface area (Å²) in [5, 5.41) is 9.68. The summed E-state index contributed by atoms with van der Waals surface area (Å²) >= 11 is 6.00. The van der Waals surface area contributed by atoms with E-state index in [1.165, 1.54) is 6.08 Å². The molecule has 0 saturated carbocycles. The van der Waals surface area contributed by atoms with Crippen molar-refractivity contribution in [2.45, 2.75) is 13.3 Å². The van der Waals surface area contributed by atoms with Crippen LogP contribution < -0.4 is 4.74 Å². The first-order valence-corrected chi connectivity index (χ1v) is 7.41. The first-order valence-electron chi connectivity index (χ1n) is 7.04. The molecule has 3 nitrogen and oxygen atoms in total. The van der Waals surface area contributed by atoms with Gasteiger partial charge < -0.3 is 9.84 Å². The summed E-state index contributed by atoms with van der Waals surface area (Å²) in [7, 11) is 0. The van der Waals surface area contributed by atoms with Gasteiger partial charge in [-0.2, -0.15) is 0 Å². The molecule has 0 aromatic heterocycles. The van der Waals surface area contributed by atoms with Crippen LogP contribution in [0.4, 0.5) is 0 Å². The van der Waals surface area contributed by atoms with Crippen LogP contribution in [0.5, 0.6) is 5.75 Å². The lowest BCUT2D eigenvalue weighted by atomic mass is 9.97. The Balaban J connectivity index is 2.36. The van der Waals surface area contributed by atoms with Crippen LogP contribution in [-0.4, -0.2) is 17.7 Å². The largest absolute Gasteiger partial charge is 0.494 e. The third kappa shape index (κ3) is 4.37. The van der Waals surface area contributed by atoms with Crippen molar-refractivity contribution in [1.29, 1.82) is 0 Å². The van der Waals surface area contributed by atoms with E-state index < -0.39 is 5.97 Å². The molecular formula is C18H17ClO3. The molecule has 114 valence electrons. The van der Waals surface area contributed by atoms with Crippen LogP contribution in [0.25, 0.3) is 5.57 Å². The molecule has 22 heavy (non-hydrogen) atoms. The van der Waals surface area contributed by atoms with E-state index in [0.717, 1.165) is 23.3 Å². The molecule has 0 bridgehead atoms. The summed E-state index contributed by atoms with van der Waals surface area (Å²) in [5.41, 5.74) is 2.17. The van der Waals surface area contributed by atoms with Crippen LogP contribution in [0, 0.1) is 0 Å². The Bertz CT molecular complexity index is 675. The zero-order valence-corrected chi connectivity index (χ0v) is 13.0. The van der Waals surface area contributed by atoms with Gasteiger partial charge in [0.25, 0.3) is 0 Å². The number of hydrogen-bond acceptors (Lipinski definition) is 2. The number of carboxylic acids is 1. The number of carboxylic acid groups (broad SMARTS) is 1. The summed E-state index contributed by atoms with van der Waals surface area (Å²) < 4.78 is 5.54. The van der Waals surface area contributed by atoms with Gasteiger partial charge in [0.05, 0.1) is 6.61 Å². The van der Waals surface area contributed by atoms with E-state index in [1.807, 2.05) is 37.3 Å². The van der Waals surface area contributed by atoms with Crippen molar-refractivity contribution >= 4 is 23.1 Å². The highest BCUT2D eigenvalue weighted by Gasteiger charge is 2.08. The fourth-order valence-corrected chi connectivity index (χ4v) is 2.25.